The second-order valence-corrected chi connectivity index (χ2v) is 3.55. The van der Waals surface area contributed by atoms with E-state index >= 15 is 0 Å². The van der Waals surface area contributed by atoms with E-state index in [1.807, 2.05) is 0 Å². The first-order valence-electron chi connectivity index (χ1n) is 5.70. The summed E-state index contributed by atoms with van der Waals surface area (Å²) in [7, 11) is 0. The van der Waals surface area contributed by atoms with Gasteiger partial charge in [-0.1, -0.05) is 0 Å². The average Bonchev–Trinajstić information content (AvgIpc) is 2.55. The molecule has 0 spiro atoms. The van der Waals surface area contributed by atoms with Gasteiger partial charge in [-0.3, -0.25) is 0 Å². The van der Waals surface area contributed by atoms with Gasteiger partial charge in [0.1, 0.15) is 9.21 Å². The quantitative estimate of drug-likeness (QED) is 0.759. The van der Waals surface area contributed by atoms with Gasteiger partial charge in [0.25, 0.3) is 0 Å². The molecule has 13 heavy (non-hydrogen) atoms. The minimum atomic E-state index is -0.328. The van der Waals surface area contributed by atoms with E-state index in [2.05, 4.69) is 41.9 Å². The lowest BCUT2D eigenvalue weighted by Crippen LogP contribution is -1.94. The first-order valence-corrected chi connectivity index (χ1v) is 4.78. The molecule has 3 nitrogen and oxygen atoms in total. The normalized spacial score (nSPS) is 15.7. The van der Waals surface area contributed by atoms with E-state index in [0.717, 1.165) is 4.68 Å². The molecule has 0 aliphatic carbocycles. The molecule has 2 heterocycles. The monoisotopic (exact) mass is 306 g/mol. The highest BCUT2D eigenvalue weighted by Gasteiger charge is 1.98. The molecule has 2 aromatic rings. The zero-order valence-corrected chi connectivity index (χ0v) is 9.27. The highest BCUT2D eigenvalue weighted by Crippen LogP contribution is 2.13. The Morgan fingerprint density at radius 1 is 1.31 bits per heavy atom. The number of aromatic nitrogens is 3. The lowest BCUT2D eigenvalue weighted by molar-refractivity contribution is 0.866. The van der Waals surface area contributed by atoms with Crippen molar-refractivity contribution in [1.82, 2.24) is 14.8 Å². The molecule has 0 unspecified atom stereocenters. The van der Waals surface area contributed by atoms with Crippen LogP contribution in [0.1, 0.15) is 6.85 Å². The van der Waals surface area contributed by atoms with Crippen LogP contribution in [0.25, 0.3) is 5.69 Å². The van der Waals surface area contributed by atoms with E-state index < -0.39 is 0 Å². The maximum atomic E-state index is 7.81. The second-order valence-electron chi connectivity index (χ2n) is 2.05. The topological polar surface area (TPSA) is 30.7 Å². The maximum Gasteiger partial charge on any atom is 0.128 e. The van der Waals surface area contributed by atoms with Gasteiger partial charge < -0.3 is 0 Å². The van der Waals surface area contributed by atoms with Crippen LogP contribution in [0, 0.1) is 0 Å². The molecule has 0 N–H and O–H groups in total. The molecule has 0 aromatic carbocycles. The van der Waals surface area contributed by atoms with Crippen molar-refractivity contribution in [3.05, 3.63) is 39.7 Å². The Labute approximate surface area is 99.1 Å². The molecular weight excluding hydrogens is 298 g/mol. The maximum absolute atomic E-state index is 7.81. The first-order chi connectivity index (χ1) is 8.34. The number of halogens is 2. The van der Waals surface area contributed by atoms with E-state index in [1.165, 1.54) is 0 Å². The first kappa shape index (κ1) is 4.70. The molecule has 5 heteroatoms. The average molecular weight is 308 g/mol. The molecule has 0 aliphatic heterocycles. The molecule has 66 valence electrons. The molecule has 0 amide bonds. The van der Waals surface area contributed by atoms with Crippen LogP contribution < -0.4 is 0 Å². The van der Waals surface area contributed by atoms with Gasteiger partial charge in [-0.05, 0) is 50.0 Å². The molecule has 0 saturated carbocycles. The summed E-state index contributed by atoms with van der Waals surface area (Å²) < 4.78 is 39.5. The minimum absolute atomic E-state index is 0.0499. The zero-order chi connectivity index (χ0) is 13.6. The Morgan fingerprint density at radius 3 is 2.85 bits per heavy atom. The number of hydrogen-bond donors (Lipinski definition) is 0. The number of pyridine rings is 1. The molecular formula is C8H5Br2N3. The number of nitrogens with zero attached hydrogens (tertiary/aromatic N) is 3. The predicted molar refractivity (Wildman–Crippen MR) is 56.8 cm³/mol. The van der Waals surface area contributed by atoms with Crippen molar-refractivity contribution in [2.75, 3.05) is 0 Å². The van der Waals surface area contributed by atoms with E-state index in [1.54, 1.807) is 0 Å². The Bertz CT molecular complexity index is 616. The van der Waals surface area contributed by atoms with Gasteiger partial charge in [-0.15, -0.1) is 0 Å². The lowest BCUT2D eigenvalue weighted by Gasteiger charge is -1.99. The van der Waals surface area contributed by atoms with E-state index in [9.17, 15) is 0 Å². The Hall–Kier alpha value is -0.680. The fourth-order valence-electron chi connectivity index (χ4n) is 0.736. The van der Waals surface area contributed by atoms with Crippen molar-refractivity contribution in [2.45, 2.75) is 0 Å². The van der Waals surface area contributed by atoms with Gasteiger partial charge >= 0.3 is 0 Å². The Morgan fingerprint density at radius 2 is 2.15 bits per heavy atom. The van der Waals surface area contributed by atoms with Crippen molar-refractivity contribution >= 4 is 31.9 Å². The van der Waals surface area contributed by atoms with Crippen LogP contribution in [0.15, 0.2) is 39.7 Å². The van der Waals surface area contributed by atoms with Crippen molar-refractivity contribution < 1.29 is 6.85 Å². The summed E-state index contributed by atoms with van der Waals surface area (Å²) in [6.07, 6.45) is -0.591. The SMILES string of the molecule is [2H]c1nc(Br)c([2H])c(-n2nc(Br)c([2H])c2[2H])c1[2H]. The summed E-state index contributed by atoms with van der Waals surface area (Å²) in [5, 5.41) is 3.87. The van der Waals surface area contributed by atoms with E-state index in [-0.39, 0.29) is 45.4 Å². The minimum Gasteiger partial charge on any atom is -0.249 e. The van der Waals surface area contributed by atoms with E-state index in [0.29, 0.717) is 0 Å². The van der Waals surface area contributed by atoms with Crippen molar-refractivity contribution in [1.29, 1.82) is 0 Å². The van der Waals surface area contributed by atoms with Crippen molar-refractivity contribution in [3.8, 4) is 5.69 Å². The van der Waals surface area contributed by atoms with Crippen LogP contribution in [0.5, 0.6) is 0 Å². The predicted octanol–water partition coefficient (Wildman–Crippen LogP) is 2.79. The van der Waals surface area contributed by atoms with Gasteiger partial charge in [-0.2, -0.15) is 5.10 Å². The highest BCUT2D eigenvalue weighted by atomic mass is 79.9. The fraction of sp³-hybridized carbons (Fsp3) is 0. The van der Waals surface area contributed by atoms with Gasteiger partial charge in [0.05, 0.1) is 12.5 Å². The summed E-state index contributed by atoms with van der Waals surface area (Å²) in [5.74, 6) is 0. The van der Waals surface area contributed by atoms with Crippen molar-refractivity contribution in [3.63, 3.8) is 0 Å². The van der Waals surface area contributed by atoms with Gasteiger partial charge in [0, 0.05) is 12.3 Å². The fourth-order valence-corrected chi connectivity index (χ4v) is 1.26. The van der Waals surface area contributed by atoms with Gasteiger partial charge in [-0.25, -0.2) is 9.67 Å². The van der Waals surface area contributed by atoms with Crippen LogP contribution in [-0.2, 0) is 0 Å². The van der Waals surface area contributed by atoms with E-state index in [4.69, 9.17) is 6.85 Å². The Kier molecular flexibility index (Phi) is 1.30. The van der Waals surface area contributed by atoms with Crippen LogP contribution in [0.2, 0.25) is 0 Å². The second kappa shape index (κ2) is 3.59. The summed E-state index contributed by atoms with van der Waals surface area (Å²) in [6, 6.07) is -0.612. The van der Waals surface area contributed by atoms with Crippen LogP contribution in [-0.4, -0.2) is 14.8 Å². The van der Waals surface area contributed by atoms with Crippen LogP contribution in [0.3, 0.4) is 0 Å². The standard InChI is InChI=1S/C8H5Br2N3/c9-7-2-4-13(12-7)6-1-3-11-8(10)5-6/h1-5H/i1D,2D,3D,4D,5D. The third-order valence-corrected chi connectivity index (χ3v) is 1.95. The molecule has 0 saturated heterocycles. The number of hydrogen-bond acceptors (Lipinski definition) is 2. The van der Waals surface area contributed by atoms with Crippen LogP contribution in [0.4, 0.5) is 0 Å². The zero-order valence-electron chi connectivity index (χ0n) is 11.1. The largest absolute Gasteiger partial charge is 0.249 e. The summed E-state index contributed by atoms with van der Waals surface area (Å²) in [4.78, 5) is 3.67. The Balaban J connectivity index is 2.82. The molecule has 2 rings (SSSR count). The number of rotatable bonds is 1. The van der Waals surface area contributed by atoms with Gasteiger partial charge in [0.2, 0.25) is 0 Å². The smallest absolute Gasteiger partial charge is 0.128 e. The highest BCUT2D eigenvalue weighted by molar-refractivity contribution is 9.10. The molecule has 0 radical (unpaired) electrons. The third kappa shape index (κ3) is 1.97. The van der Waals surface area contributed by atoms with Gasteiger partial charge in [0.15, 0.2) is 0 Å². The third-order valence-electron chi connectivity index (χ3n) is 1.21. The molecule has 0 aliphatic rings. The van der Waals surface area contributed by atoms with Crippen molar-refractivity contribution in [2.24, 2.45) is 0 Å². The summed E-state index contributed by atoms with van der Waals surface area (Å²) >= 11 is 6.03. The molecule has 0 fully saturated rings. The molecule has 0 bridgehead atoms. The molecule has 0 atom stereocenters. The molecule has 2 aromatic heterocycles. The lowest BCUT2D eigenvalue weighted by atomic mass is 10.4. The van der Waals surface area contributed by atoms with Crippen LogP contribution >= 0.6 is 31.9 Å². The summed E-state index contributed by atoms with van der Waals surface area (Å²) in [6.45, 7) is 0. The summed E-state index contributed by atoms with van der Waals surface area (Å²) in [5.41, 5.74) is -0.0499.